The van der Waals surface area contributed by atoms with E-state index in [1.807, 2.05) is 0 Å². The van der Waals surface area contributed by atoms with Crippen molar-refractivity contribution < 1.29 is 24.5 Å². The lowest BCUT2D eigenvalue weighted by Gasteiger charge is -2.24. The molecule has 1 amide bonds. The van der Waals surface area contributed by atoms with Crippen LogP contribution in [0, 0.1) is 0 Å². The lowest BCUT2D eigenvalue weighted by molar-refractivity contribution is -0.151. The molecule has 0 aromatic carbocycles. The number of allylic oxidation sites excluding steroid dienone is 4. The van der Waals surface area contributed by atoms with Crippen molar-refractivity contribution in [2.45, 2.75) is 322 Å². The Labute approximate surface area is 392 Å². The number of rotatable bonds is 51. The molecular formula is C57H109NO5. The third kappa shape index (κ3) is 46.7. The predicted molar refractivity (Wildman–Crippen MR) is 273 cm³/mol. The van der Waals surface area contributed by atoms with E-state index >= 15 is 0 Å². The molecule has 0 saturated heterocycles. The number of ether oxygens (including phenoxy) is 1. The highest BCUT2D eigenvalue weighted by Crippen LogP contribution is 2.18. The third-order valence-corrected chi connectivity index (χ3v) is 13.0. The van der Waals surface area contributed by atoms with Crippen LogP contribution in [0.4, 0.5) is 0 Å². The molecule has 3 atom stereocenters. The van der Waals surface area contributed by atoms with Crippen LogP contribution < -0.4 is 5.32 Å². The first-order valence-electron chi connectivity index (χ1n) is 28.1. The number of unbranched alkanes of at least 4 members (excludes halogenated alkanes) is 35. The maximum absolute atomic E-state index is 13.2. The lowest BCUT2D eigenvalue weighted by atomic mass is 10.0. The largest absolute Gasteiger partial charge is 0.462 e. The minimum atomic E-state index is -0.789. The summed E-state index contributed by atoms with van der Waals surface area (Å²) in [5.41, 5.74) is 0. The second-order valence-electron chi connectivity index (χ2n) is 19.3. The molecule has 63 heavy (non-hydrogen) atoms. The first-order chi connectivity index (χ1) is 31.0. The number of carbonyl (C=O) groups excluding carboxylic acids is 2. The molecule has 3 N–H and O–H groups in total. The number of hydrogen-bond donors (Lipinski definition) is 3. The van der Waals surface area contributed by atoms with Crippen LogP contribution in [0.3, 0.4) is 0 Å². The minimum Gasteiger partial charge on any atom is -0.462 e. The van der Waals surface area contributed by atoms with Crippen LogP contribution in [-0.2, 0) is 14.3 Å². The SMILES string of the molecule is CCCCCCCC/C=C/CCCCCCCC(CC(=O)NC(CO)C(O)CCCCCCCCCCCCCCCCC)OC(=O)CCCCC/C=C\CCCCCCCCC. The van der Waals surface area contributed by atoms with Crippen molar-refractivity contribution in [3.05, 3.63) is 24.3 Å². The van der Waals surface area contributed by atoms with Gasteiger partial charge in [0, 0.05) is 6.42 Å². The number of aliphatic hydroxyl groups is 2. The van der Waals surface area contributed by atoms with Crippen molar-refractivity contribution in [1.29, 1.82) is 0 Å². The molecular weight excluding hydrogens is 779 g/mol. The maximum Gasteiger partial charge on any atom is 0.306 e. The molecule has 3 unspecified atom stereocenters. The minimum absolute atomic E-state index is 0.0703. The van der Waals surface area contributed by atoms with E-state index in [9.17, 15) is 19.8 Å². The summed E-state index contributed by atoms with van der Waals surface area (Å²) in [6.07, 6.45) is 59.5. The number of carbonyl (C=O) groups is 2. The molecule has 6 nitrogen and oxygen atoms in total. The molecule has 0 heterocycles. The van der Waals surface area contributed by atoms with Crippen LogP contribution in [0.1, 0.15) is 303 Å². The van der Waals surface area contributed by atoms with E-state index in [1.54, 1.807) is 0 Å². The van der Waals surface area contributed by atoms with Crippen LogP contribution in [0.25, 0.3) is 0 Å². The number of nitrogens with one attached hydrogen (secondary N) is 1. The summed E-state index contributed by atoms with van der Waals surface area (Å²) in [6.45, 7) is 6.50. The molecule has 372 valence electrons. The first-order valence-corrected chi connectivity index (χ1v) is 28.1. The van der Waals surface area contributed by atoms with Crippen LogP contribution in [-0.4, -0.2) is 46.9 Å². The summed E-state index contributed by atoms with van der Waals surface area (Å²) in [7, 11) is 0. The van der Waals surface area contributed by atoms with E-state index in [0.717, 1.165) is 64.2 Å². The lowest BCUT2D eigenvalue weighted by Crippen LogP contribution is -2.46. The van der Waals surface area contributed by atoms with Crippen LogP contribution in [0.5, 0.6) is 0 Å². The fourth-order valence-electron chi connectivity index (χ4n) is 8.72. The van der Waals surface area contributed by atoms with Gasteiger partial charge in [0.15, 0.2) is 0 Å². The second kappa shape index (κ2) is 51.3. The van der Waals surface area contributed by atoms with E-state index < -0.39 is 18.2 Å². The predicted octanol–water partition coefficient (Wildman–Crippen LogP) is 17.1. The van der Waals surface area contributed by atoms with Gasteiger partial charge < -0.3 is 20.3 Å². The van der Waals surface area contributed by atoms with Gasteiger partial charge in [0.1, 0.15) is 6.10 Å². The number of hydrogen-bond acceptors (Lipinski definition) is 5. The summed E-state index contributed by atoms with van der Waals surface area (Å²) >= 11 is 0. The van der Waals surface area contributed by atoms with Gasteiger partial charge in [-0.1, -0.05) is 238 Å². The quantitative estimate of drug-likeness (QED) is 0.0321. The molecule has 0 aliphatic carbocycles. The molecule has 0 saturated carbocycles. The Morgan fingerprint density at radius 3 is 1.13 bits per heavy atom. The van der Waals surface area contributed by atoms with Gasteiger partial charge in [-0.2, -0.15) is 0 Å². The number of amides is 1. The molecule has 0 rings (SSSR count). The molecule has 0 radical (unpaired) electrons. The monoisotopic (exact) mass is 888 g/mol. The number of aliphatic hydroxyl groups excluding tert-OH is 2. The maximum atomic E-state index is 13.2. The van der Waals surface area contributed by atoms with Crippen molar-refractivity contribution in [3.63, 3.8) is 0 Å². The van der Waals surface area contributed by atoms with Gasteiger partial charge in [-0.05, 0) is 77.0 Å². The highest BCUT2D eigenvalue weighted by atomic mass is 16.5. The Morgan fingerprint density at radius 1 is 0.444 bits per heavy atom. The van der Waals surface area contributed by atoms with Crippen LogP contribution >= 0.6 is 0 Å². The molecule has 6 heteroatoms. The summed E-state index contributed by atoms with van der Waals surface area (Å²) in [6, 6.07) is -0.704. The van der Waals surface area contributed by atoms with Crippen molar-refractivity contribution >= 4 is 11.9 Å². The molecule has 0 aromatic rings. The fraction of sp³-hybridized carbons (Fsp3) is 0.895. The van der Waals surface area contributed by atoms with E-state index in [1.165, 1.54) is 193 Å². The Hall–Kier alpha value is -1.66. The van der Waals surface area contributed by atoms with Gasteiger partial charge >= 0.3 is 5.97 Å². The highest BCUT2D eigenvalue weighted by molar-refractivity contribution is 5.77. The first kappa shape index (κ1) is 61.3. The Morgan fingerprint density at radius 2 is 0.762 bits per heavy atom. The average Bonchev–Trinajstić information content (AvgIpc) is 3.28. The van der Waals surface area contributed by atoms with Gasteiger partial charge in [-0.15, -0.1) is 0 Å². The van der Waals surface area contributed by atoms with Gasteiger partial charge in [-0.3, -0.25) is 9.59 Å². The zero-order chi connectivity index (χ0) is 45.9. The van der Waals surface area contributed by atoms with Crippen molar-refractivity contribution in [3.8, 4) is 0 Å². The van der Waals surface area contributed by atoms with Crippen molar-refractivity contribution in [1.82, 2.24) is 5.32 Å². The molecule has 0 aliphatic rings. The second-order valence-corrected chi connectivity index (χ2v) is 19.3. The van der Waals surface area contributed by atoms with E-state index in [0.29, 0.717) is 19.3 Å². The highest BCUT2D eigenvalue weighted by Gasteiger charge is 2.24. The fourth-order valence-corrected chi connectivity index (χ4v) is 8.72. The van der Waals surface area contributed by atoms with E-state index in [2.05, 4.69) is 50.4 Å². The van der Waals surface area contributed by atoms with Gasteiger partial charge in [0.25, 0.3) is 0 Å². The van der Waals surface area contributed by atoms with E-state index in [4.69, 9.17) is 4.74 Å². The molecule has 0 spiro atoms. The van der Waals surface area contributed by atoms with Crippen LogP contribution in [0.2, 0.25) is 0 Å². The van der Waals surface area contributed by atoms with E-state index in [-0.39, 0.29) is 24.9 Å². The number of esters is 1. The zero-order valence-electron chi connectivity index (χ0n) is 42.5. The van der Waals surface area contributed by atoms with Gasteiger partial charge in [-0.25, -0.2) is 0 Å². The van der Waals surface area contributed by atoms with Gasteiger partial charge in [0.2, 0.25) is 5.91 Å². The van der Waals surface area contributed by atoms with Crippen molar-refractivity contribution in [2.75, 3.05) is 6.61 Å². The summed E-state index contributed by atoms with van der Waals surface area (Å²) in [5.74, 6) is -0.486. The molecule has 0 fully saturated rings. The standard InChI is InChI=1S/C57H109NO5/c1-4-7-10-13-16-19-22-25-28-30-33-36-39-42-45-48-53(63-57(62)50-47-44-41-38-35-32-27-24-21-18-15-12-9-6-3)51-56(61)58-54(52-59)55(60)49-46-43-40-37-34-31-29-26-23-20-17-14-11-8-5-2/h25,28,32,35,53-55,59-60H,4-24,26-27,29-31,33-34,36-52H2,1-3H3,(H,58,61)/b28-25+,35-32-. The normalized spacial score (nSPS) is 13.3. The summed E-state index contributed by atoms with van der Waals surface area (Å²) in [4.78, 5) is 26.2. The molecule has 0 bridgehead atoms. The Kier molecular flexibility index (Phi) is 50.0. The Bertz CT molecular complexity index is 997. The van der Waals surface area contributed by atoms with Gasteiger partial charge in [0.05, 0.1) is 25.2 Å². The summed E-state index contributed by atoms with van der Waals surface area (Å²) in [5, 5.41) is 23.9. The Balaban J connectivity index is 4.56. The third-order valence-electron chi connectivity index (χ3n) is 13.0. The smallest absolute Gasteiger partial charge is 0.306 e. The molecule has 0 aromatic heterocycles. The van der Waals surface area contributed by atoms with Crippen molar-refractivity contribution in [2.24, 2.45) is 0 Å². The van der Waals surface area contributed by atoms with Crippen LogP contribution in [0.15, 0.2) is 24.3 Å². The zero-order valence-corrected chi connectivity index (χ0v) is 42.5. The topological polar surface area (TPSA) is 95.9 Å². The molecule has 0 aliphatic heterocycles. The summed E-state index contributed by atoms with van der Waals surface area (Å²) < 4.78 is 5.94. The average molecular weight is 889 g/mol.